The Kier molecular flexibility index (Phi) is 2.22. The van der Waals surface area contributed by atoms with Crippen molar-refractivity contribution in [2.45, 2.75) is 12.5 Å². The van der Waals surface area contributed by atoms with Gasteiger partial charge in [-0.15, -0.1) is 6.42 Å². The number of benzene rings is 1. The van der Waals surface area contributed by atoms with Crippen LogP contribution >= 0.6 is 0 Å². The molecule has 1 nitrogen and oxygen atoms in total. The zero-order valence-corrected chi connectivity index (χ0v) is 7.39. The second-order valence-corrected chi connectivity index (χ2v) is 3.13. The number of terminal acetylenes is 1. The lowest BCUT2D eigenvalue weighted by Crippen LogP contribution is -2.15. The van der Waals surface area contributed by atoms with Crippen LogP contribution < -0.4 is 0 Å². The molecule has 0 N–H and O–H groups in total. The van der Waals surface area contributed by atoms with Gasteiger partial charge < -0.3 is 4.74 Å². The first-order valence-electron chi connectivity index (χ1n) is 4.28. The highest BCUT2D eigenvalue weighted by Crippen LogP contribution is 2.28. The van der Waals surface area contributed by atoms with Gasteiger partial charge in [-0.25, -0.2) is 8.78 Å². The molecular weight excluding hydrogens is 186 g/mol. The molecule has 1 atom stereocenters. The van der Waals surface area contributed by atoms with E-state index in [0.29, 0.717) is 18.6 Å². The van der Waals surface area contributed by atoms with Gasteiger partial charge >= 0.3 is 0 Å². The summed E-state index contributed by atoms with van der Waals surface area (Å²) >= 11 is 0. The van der Waals surface area contributed by atoms with E-state index >= 15 is 0 Å². The van der Waals surface area contributed by atoms with E-state index in [9.17, 15) is 8.78 Å². The van der Waals surface area contributed by atoms with Crippen LogP contribution in [0, 0.1) is 24.0 Å². The average Bonchev–Trinajstić information content (AvgIpc) is 2.19. The summed E-state index contributed by atoms with van der Waals surface area (Å²) in [5.74, 6) is 0.683. The van der Waals surface area contributed by atoms with E-state index in [0.717, 1.165) is 11.6 Å². The molecule has 0 fully saturated rings. The van der Waals surface area contributed by atoms with E-state index in [-0.39, 0.29) is 0 Å². The van der Waals surface area contributed by atoms with Crippen LogP contribution in [0.15, 0.2) is 12.1 Å². The van der Waals surface area contributed by atoms with Gasteiger partial charge in [-0.1, -0.05) is 5.92 Å². The fraction of sp³-hybridized carbons (Fsp3) is 0.273. The van der Waals surface area contributed by atoms with Gasteiger partial charge in [0.15, 0.2) is 11.6 Å². The van der Waals surface area contributed by atoms with Gasteiger partial charge in [-0.3, -0.25) is 0 Å². The van der Waals surface area contributed by atoms with Crippen LogP contribution in [-0.2, 0) is 11.2 Å². The molecule has 0 radical (unpaired) electrons. The van der Waals surface area contributed by atoms with Crippen molar-refractivity contribution in [3.05, 3.63) is 34.9 Å². The molecule has 2 rings (SSSR count). The third kappa shape index (κ3) is 1.38. The number of hydrogen-bond acceptors (Lipinski definition) is 1. The van der Waals surface area contributed by atoms with Crippen molar-refractivity contribution < 1.29 is 13.5 Å². The second-order valence-electron chi connectivity index (χ2n) is 3.13. The minimum absolute atomic E-state index is 0.451. The Labute approximate surface area is 80.7 Å². The SMILES string of the molecule is C#C[C@H]1OCCc2cc(F)c(F)cc21. The monoisotopic (exact) mass is 194 g/mol. The van der Waals surface area contributed by atoms with Gasteiger partial charge in [0, 0.05) is 0 Å². The van der Waals surface area contributed by atoms with Gasteiger partial charge in [0.25, 0.3) is 0 Å². The number of halogens is 2. The molecule has 72 valence electrons. The van der Waals surface area contributed by atoms with Crippen LogP contribution in [0.25, 0.3) is 0 Å². The number of hydrogen-bond donors (Lipinski definition) is 0. The topological polar surface area (TPSA) is 9.23 Å². The largest absolute Gasteiger partial charge is 0.360 e. The van der Waals surface area contributed by atoms with Gasteiger partial charge in [0.2, 0.25) is 0 Å². The highest BCUT2D eigenvalue weighted by Gasteiger charge is 2.21. The smallest absolute Gasteiger partial charge is 0.159 e. The van der Waals surface area contributed by atoms with Crippen LogP contribution in [-0.4, -0.2) is 6.61 Å². The lowest BCUT2D eigenvalue weighted by molar-refractivity contribution is 0.0809. The Morgan fingerprint density at radius 2 is 2.07 bits per heavy atom. The third-order valence-corrected chi connectivity index (χ3v) is 2.27. The molecule has 0 aromatic heterocycles. The molecule has 0 saturated carbocycles. The molecule has 3 heteroatoms. The molecule has 1 aliphatic heterocycles. The van der Waals surface area contributed by atoms with Crippen LogP contribution in [0.4, 0.5) is 8.78 Å². The summed E-state index contributed by atoms with van der Waals surface area (Å²) < 4.78 is 31.0. The summed E-state index contributed by atoms with van der Waals surface area (Å²) in [4.78, 5) is 0. The van der Waals surface area contributed by atoms with E-state index in [1.807, 2.05) is 0 Å². The lowest BCUT2D eigenvalue weighted by Gasteiger charge is -2.22. The second kappa shape index (κ2) is 3.39. The zero-order chi connectivity index (χ0) is 10.1. The Morgan fingerprint density at radius 3 is 2.79 bits per heavy atom. The first-order valence-corrected chi connectivity index (χ1v) is 4.28. The molecule has 0 unspecified atom stereocenters. The average molecular weight is 194 g/mol. The first-order chi connectivity index (χ1) is 6.72. The van der Waals surface area contributed by atoms with E-state index in [1.165, 1.54) is 6.07 Å². The molecule has 1 aliphatic rings. The van der Waals surface area contributed by atoms with E-state index < -0.39 is 17.7 Å². The fourth-order valence-electron chi connectivity index (χ4n) is 1.58. The summed E-state index contributed by atoms with van der Waals surface area (Å²) in [5.41, 5.74) is 1.30. The first kappa shape index (κ1) is 9.17. The van der Waals surface area contributed by atoms with Crippen LogP contribution in [0.3, 0.4) is 0 Å². The molecule has 14 heavy (non-hydrogen) atoms. The van der Waals surface area contributed by atoms with Crippen LogP contribution in [0.2, 0.25) is 0 Å². The standard InChI is InChI=1S/C11H8F2O/c1-2-11-8-6-10(13)9(12)5-7(8)3-4-14-11/h1,5-6,11H,3-4H2/t11-/m1/s1. The van der Waals surface area contributed by atoms with E-state index in [4.69, 9.17) is 11.2 Å². The Hall–Kier alpha value is -1.40. The van der Waals surface area contributed by atoms with Crippen LogP contribution in [0.1, 0.15) is 17.2 Å². The number of rotatable bonds is 0. The summed E-state index contributed by atoms with van der Waals surface area (Å²) in [6.07, 6.45) is 5.24. The van der Waals surface area contributed by atoms with Crippen molar-refractivity contribution in [1.82, 2.24) is 0 Å². The molecule has 0 saturated heterocycles. The van der Waals surface area contributed by atoms with Crippen molar-refractivity contribution >= 4 is 0 Å². The van der Waals surface area contributed by atoms with Gasteiger partial charge in [0.05, 0.1) is 6.61 Å². The van der Waals surface area contributed by atoms with Crippen LogP contribution in [0.5, 0.6) is 0 Å². The molecule has 0 aliphatic carbocycles. The maximum atomic E-state index is 12.9. The number of ether oxygens (including phenoxy) is 1. The lowest BCUT2D eigenvalue weighted by atomic mass is 9.97. The Bertz CT molecular complexity index is 406. The van der Waals surface area contributed by atoms with Crippen molar-refractivity contribution in [3.8, 4) is 12.3 Å². The number of fused-ring (bicyclic) bond motifs is 1. The summed E-state index contributed by atoms with van der Waals surface area (Å²) in [5, 5.41) is 0. The molecule has 1 heterocycles. The molecule has 1 aromatic rings. The van der Waals surface area contributed by atoms with Gasteiger partial charge in [-0.05, 0) is 29.7 Å². The van der Waals surface area contributed by atoms with Crippen molar-refractivity contribution in [1.29, 1.82) is 0 Å². The van der Waals surface area contributed by atoms with E-state index in [2.05, 4.69) is 5.92 Å². The third-order valence-electron chi connectivity index (χ3n) is 2.27. The zero-order valence-electron chi connectivity index (χ0n) is 7.39. The minimum atomic E-state index is -0.880. The molecule has 0 bridgehead atoms. The minimum Gasteiger partial charge on any atom is -0.360 e. The molecular formula is C11H8F2O. The van der Waals surface area contributed by atoms with Gasteiger partial charge in [0.1, 0.15) is 6.10 Å². The highest BCUT2D eigenvalue weighted by atomic mass is 19.2. The predicted octanol–water partition coefficient (Wildman–Crippen LogP) is 2.21. The molecule has 0 spiro atoms. The fourth-order valence-corrected chi connectivity index (χ4v) is 1.58. The van der Waals surface area contributed by atoms with Gasteiger partial charge in [-0.2, -0.15) is 0 Å². The maximum Gasteiger partial charge on any atom is 0.159 e. The Balaban J connectivity index is 2.54. The predicted molar refractivity (Wildman–Crippen MR) is 47.6 cm³/mol. The summed E-state index contributed by atoms with van der Waals surface area (Å²) in [6.45, 7) is 0.451. The normalized spacial score (nSPS) is 19.9. The maximum absolute atomic E-state index is 12.9. The Morgan fingerprint density at radius 1 is 1.36 bits per heavy atom. The summed E-state index contributed by atoms with van der Waals surface area (Å²) in [7, 11) is 0. The van der Waals surface area contributed by atoms with Crippen molar-refractivity contribution in [2.24, 2.45) is 0 Å². The highest BCUT2D eigenvalue weighted by molar-refractivity contribution is 5.35. The van der Waals surface area contributed by atoms with E-state index in [1.54, 1.807) is 0 Å². The summed E-state index contributed by atoms with van der Waals surface area (Å²) in [6, 6.07) is 2.31. The van der Waals surface area contributed by atoms with Crippen molar-refractivity contribution in [2.75, 3.05) is 6.61 Å². The quantitative estimate of drug-likeness (QED) is 0.575. The van der Waals surface area contributed by atoms with Crippen molar-refractivity contribution in [3.63, 3.8) is 0 Å². The molecule has 0 amide bonds. The molecule has 1 aromatic carbocycles.